The van der Waals surface area contributed by atoms with Crippen molar-refractivity contribution < 1.29 is 9.84 Å². The van der Waals surface area contributed by atoms with Crippen molar-refractivity contribution in [1.29, 1.82) is 0 Å². The molecule has 0 amide bonds. The molecule has 1 heterocycles. The molecule has 0 aromatic heterocycles. The Morgan fingerprint density at radius 3 is 2.73 bits per heavy atom. The zero-order chi connectivity index (χ0) is 11.5. The second-order valence-corrected chi connectivity index (χ2v) is 5.32. The van der Waals surface area contributed by atoms with Crippen LogP contribution in [0.15, 0.2) is 0 Å². The van der Waals surface area contributed by atoms with E-state index in [-0.39, 0.29) is 5.60 Å². The maximum Gasteiger partial charge on any atom is 0.0777 e. The van der Waals surface area contributed by atoms with Crippen LogP contribution in [-0.4, -0.2) is 48.0 Å². The molecule has 0 radical (unpaired) electrons. The minimum Gasteiger partial charge on any atom is -0.389 e. The molecule has 0 aromatic carbocycles. The molecular weight excluding hydrogens is 190 g/mol. The highest BCUT2D eigenvalue weighted by Crippen LogP contribution is 2.25. The molecule has 0 aromatic rings. The molecular formula is C12H25NO2. The number of β-amino-alcohol motifs (C(OH)–C–C–N with tert-alkyl or cyclic N) is 1. The van der Waals surface area contributed by atoms with Crippen LogP contribution in [0.25, 0.3) is 0 Å². The highest BCUT2D eigenvalue weighted by atomic mass is 16.5. The normalized spacial score (nSPS) is 32.6. The summed E-state index contributed by atoms with van der Waals surface area (Å²) in [6.07, 6.45) is 3.07. The number of piperidine rings is 1. The van der Waals surface area contributed by atoms with Crippen LogP contribution >= 0.6 is 0 Å². The fraction of sp³-hybridized carbons (Fsp3) is 1.00. The fourth-order valence-corrected chi connectivity index (χ4v) is 2.20. The molecule has 2 atom stereocenters. The molecule has 15 heavy (non-hydrogen) atoms. The van der Waals surface area contributed by atoms with E-state index >= 15 is 0 Å². The maximum absolute atomic E-state index is 10.0. The van der Waals surface area contributed by atoms with Gasteiger partial charge in [-0.25, -0.2) is 0 Å². The molecule has 0 bridgehead atoms. The van der Waals surface area contributed by atoms with Gasteiger partial charge in [-0.2, -0.15) is 0 Å². The lowest BCUT2D eigenvalue weighted by Crippen LogP contribution is -2.51. The van der Waals surface area contributed by atoms with Crippen LogP contribution in [0, 0.1) is 0 Å². The van der Waals surface area contributed by atoms with Gasteiger partial charge in [0.05, 0.1) is 11.2 Å². The van der Waals surface area contributed by atoms with E-state index in [4.69, 9.17) is 4.74 Å². The Morgan fingerprint density at radius 1 is 1.53 bits per heavy atom. The maximum atomic E-state index is 10.0. The van der Waals surface area contributed by atoms with Gasteiger partial charge in [0.25, 0.3) is 0 Å². The first kappa shape index (κ1) is 12.9. The van der Waals surface area contributed by atoms with E-state index in [1.165, 1.54) is 0 Å². The number of hydrogen-bond donors (Lipinski definition) is 1. The van der Waals surface area contributed by atoms with Crippen molar-refractivity contribution in [1.82, 2.24) is 4.90 Å². The van der Waals surface area contributed by atoms with Gasteiger partial charge in [-0.3, -0.25) is 4.90 Å². The zero-order valence-corrected chi connectivity index (χ0v) is 10.5. The van der Waals surface area contributed by atoms with Crippen LogP contribution in [-0.2, 0) is 4.74 Å². The molecule has 0 aliphatic carbocycles. The van der Waals surface area contributed by atoms with Gasteiger partial charge in [-0.05, 0) is 39.7 Å². The Labute approximate surface area is 93.4 Å². The average molecular weight is 215 g/mol. The second kappa shape index (κ2) is 4.81. The van der Waals surface area contributed by atoms with E-state index < -0.39 is 5.60 Å². The first-order valence-electron chi connectivity index (χ1n) is 5.91. The van der Waals surface area contributed by atoms with E-state index in [1.807, 2.05) is 13.8 Å². The third kappa shape index (κ3) is 3.74. The van der Waals surface area contributed by atoms with Crippen LogP contribution in [0.3, 0.4) is 0 Å². The third-order valence-corrected chi connectivity index (χ3v) is 3.56. The summed E-state index contributed by atoms with van der Waals surface area (Å²) in [5, 5.41) is 10.0. The van der Waals surface area contributed by atoms with Crippen molar-refractivity contribution in [2.45, 2.75) is 51.2 Å². The van der Waals surface area contributed by atoms with E-state index in [0.29, 0.717) is 0 Å². The molecule has 1 aliphatic rings. The van der Waals surface area contributed by atoms with Crippen LogP contribution in [0.2, 0.25) is 0 Å². The van der Waals surface area contributed by atoms with E-state index in [0.717, 1.165) is 38.9 Å². The molecule has 1 fully saturated rings. The van der Waals surface area contributed by atoms with Crippen molar-refractivity contribution in [3.63, 3.8) is 0 Å². The molecule has 1 aliphatic heterocycles. The lowest BCUT2D eigenvalue weighted by molar-refractivity contribution is -0.0717. The summed E-state index contributed by atoms with van der Waals surface area (Å²) in [4.78, 5) is 2.32. The molecule has 3 nitrogen and oxygen atoms in total. The fourth-order valence-electron chi connectivity index (χ4n) is 2.20. The first-order chi connectivity index (χ1) is 6.91. The third-order valence-electron chi connectivity index (χ3n) is 3.56. The van der Waals surface area contributed by atoms with Crippen molar-refractivity contribution in [2.75, 3.05) is 26.7 Å². The van der Waals surface area contributed by atoms with E-state index in [1.54, 1.807) is 7.11 Å². The Morgan fingerprint density at radius 2 is 2.20 bits per heavy atom. The summed E-state index contributed by atoms with van der Waals surface area (Å²) in [6, 6.07) is 0. The Kier molecular flexibility index (Phi) is 4.15. The van der Waals surface area contributed by atoms with Crippen LogP contribution < -0.4 is 0 Å². The molecule has 1 N–H and O–H groups in total. The summed E-state index contributed by atoms with van der Waals surface area (Å²) in [5.74, 6) is 0. The lowest BCUT2D eigenvalue weighted by Gasteiger charge is -2.41. The summed E-state index contributed by atoms with van der Waals surface area (Å²) in [6.45, 7) is 8.85. The van der Waals surface area contributed by atoms with E-state index in [2.05, 4.69) is 11.8 Å². The van der Waals surface area contributed by atoms with Gasteiger partial charge in [-0.1, -0.05) is 6.92 Å². The topological polar surface area (TPSA) is 32.7 Å². The van der Waals surface area contributed by atoms with Crippen molar-refractivity contribution in [3.8, 4) is 0 Å². The minimum absolute atomic E-state index is 0.0257. The van der Waals surface area contributed by atoms with Gasteiger partial charge in [-0.15, -0.1) is 0 Å². The van der Waals surface area contributed by atoms with Crippen LogP contribution in [0.4, 0.5) is 0 Å². The Hall–Kier alpha value is -0.120. The van der Waals surface area contributed by atoms with Gasteiger partial charge < -0.3 is 9.84 Å². The van der Waals surface area contributed by atoms with Gasteiger partial charge in [0.1, 0.15) is 0 Å². The van der Waals surface area contributed by atoms with Crippen molar-refractivity contribution in [3.05, 3.63) is 0 Å². The summed E-state index contributed by atoms with van der Waals surface area (Å²) >= 11 is 0. The monoisotopic (exact) mass is 215 g/mol. The SMILES string of the molecule is CCC(C)(O)CN1CCCC(C)(OC)C1. The summed E-state index contributed by atoms with van der Waals surface area (Å²) in [7, 11) is 1.78. The van der Waals surface area contributed by atoms with Crippen LogP contribution in [0.5, 0.6) is 0 Å². The van der Waals surface area contributed by atoms with Gasteiger partial charge in [0, 0.05) is 20.2 Å². The highest BCUT2D eigenvalue weighted by Gasteiger charge is 2.33. The van der Waals surface area contributed by atoms with Crippen LogP contribution in [0.1, 0.15) is 40.0 Å². The van der Waals surface area contributed by atoms with Crippen molar-refractivity contribution in [2.24, 2.45) is 0 Å². The number of hydrogen-bond acceptors (Lipinski definition) is 3. The molecule has 1 saturated heterocycles. The van der Waals surface area contributed by atoms with Gasteiger partial charge in [0.2, 0.25) is 0 Å². The summed E-state index contributed by atoms with van der Waals surface area (Å²) < 4.78 is 5.53. The molecule has 3 heteroatoms. The standard InChI is InChI=1S/C12H25NO2/c1-5-11(2,14)9-13-8-6-7-12(3,10-13)15-4/h14H,5-10H2,1-4H3. The number of aliphatic hydroxyl groups is 1. The molecule has 0 saturated carbocycles. The van der Waals surface area contributed by atoms with Gasteiger partial charge in [0.15, 0.2) is 0 Å². The van der Waals surface area contributed by atoms with E-state index in [9.17, 15) is 5.11 Å². The predicted octanol–water partition coefficient (Wildman–Crippen LogP) is 1.65. The number of likely N-dealkylation sites (tertiary alicyclic amines) is 1. The largest absolute Gasteiger partial charge is 0.389 e. The predicted molar refractivity (Wildman–Crippen MR) is 62.0 cm³/mol. The number of rotatable bonds is 4. The van der Waals surface area contributed by atoms with Gasteiger partial charge >= 0.3 is 0 Å². The Bertz CT molecular complexity index is 204. The quantitative estimate of drug-likeness (QED) is 0.774. The average Bonchev–Trinajstić information content (AvgIpc) is 2.17. The molecule has 1 rings (SSSR count). The minimum atomic E-state index is -0.564. The smallest absolute Gasteiger partial charge is 0.0777 e. The number of ether oxygens (including phenoxy) is 1. The highest BCUT2D eigenvalue weighted by molar-refractivity contribution is 4.87. The second-order valence-electron chi connectivity index (χ2n) is 5.32. The lowest BCUT2D eigenvalue weighted by atomic mass is 9.93. The number of nitrogens with zero attached hydrogens (tertiary/aromatic N) is 1. The first-order valence-corrected chi connectivity index (χ1v) is 5.91. The Balaban J connectivity index is 2.50. The molecule has 2 unspecified atom stereocenters. The molecule has 90 valence electrons. The summed E-state index contributed by atoms with van der Waals surface area (Å²) in [5.41, 5.74) is -0.589. The zero-order valence-electron chi connectivity index (χ0n) is 10.5. The molecule has 0 spiro atoms. The van der Waals surface area contributed by atoms with Crippen molar-refractivity contribution >= 4 is 0 Å². The number of methoxy groups -OCH3 is 1.